The Kier molecular flexibility index (Phi) is 13.5. The van der Waals surface area contributed by atoms with Gasteiger partial charge in [0.2, 0.25) is 5.91 Å². The summed E-state index contributed by atoms with van der Waals surface area (Å²) in [6.45, 7) is 17.7. The fraction of sp³-hybridized carbons (Fsp3) is 0.634. The molecule has 0 unspecified atom stereocenters. The van der Waals surface area contributed by atoms with Crippen LogP contribution in [0.15, 0.2) is 36.4 Å². The molecule has 11 heteroatoms. The Labute approximate surface area is 310 Å². The van der Waals surface area contributed by atoms with Crippen molar-refractivity contribution in [3.8, 4) is 0 Å². The lowest BCUT2D eigenvalue weighted by Crippen LogP contribution is -2.71. The topological polar surface area (TPSA) is 119 Å². The highest BCUT2D eigenvalue weighted by atomic mass is 16.5. The van der Waals surface area contributed by atoms with E-state index in [0.29, 0.717) is 58.1 Å². The average Bonchev–Trinajstić information content (AvgIpc) is 3.46. The molecule has 3 aliphatic carbocycles. The largest absolute Gasteiger partial charge is 0.379 e. The van der Waals surface area contributed by atoms with E-state index < -0.39 is 0 Å². The zero-order valence-corrected chi connectivity index (χ0v) is 31.8. The lowest BCUT2D eigenvalue weighted by molar-refractivity contribution is -0.214. The summed E-state index contributed by atoms with van der Waals surface area (Å²) in [5.41, 5.74) is 13.7. The van der Waals surface area contributed by atoms with Crippen LogP contribution in [0.25, 0.3) is 11.7 Å². The van der Waals surface area contributed by atoms with Crippen molar-refractivity contribution in [3.63, 3.8) is 0 Å². The van der Waals surface area contributed by atoms with Gasteiger partial charge in [-0.05, 0) is 81.5 Å². The summed E-state index contributed by atoms with van der Waals surface area (Å²) in [7, 11) is 0. The van der Waals surface area contributed by atoms with Gasteiger partial charge < -0.3 is 30.2 Å². The number of hydrogen-bond acceptors (Lipinski definition) is 9. The first-order valence-electron chi connectivity index (χ1n) is 19.6. The van der Waals surface area contributed by atoms with Crippen LogP contribution in [0, 0.1) is 24.7 Å². The number of hydrogen-bond donors (Lipinski definition) is 2. The van der Waals surface area contributed by atoms with E-state index in [1.807, 2.05) is 4.52 Å². The summed E-state index contributed by atoms with van der Waals surface area (Å²) in [5, 5.41) is 8.02. The molecule has 1 aliphatic heterocycles. The van der Waals surface area contributed by atoms with Crippen LogP contribution in [0.5, 0.6) is 0 Å². The van der Waals surface area contributed by atoms with Gasteiger partial charge >= 0.3 is 0 Å². The van der Waals surface area contributed by atoms with Gasteiger partial charge in [-0.3, -0.25) is 9.69 Å². The van der Waals surface area contributed by atoms with Crippen molar-refractivity contribution in [1.82, 2.24) is 29.7 Å². The van der Waals surface area contributed by atoms with Gasteiger partial charge in [0, 0.05) is 82.4 Å². The monoisotopic (exact) mass is 715 g/mol. The number of carbonyl (C=O) groups is 1. The van der Waals surface area contributed by atoms with Crippen LogP contribution < -0.4 is 11.1 Å². The number of ether oxygens (including phenoxy) is 3. The Morgan fingerprint density at radius 2 is 1.58 bits per heavy atom. The van der Waals surface area contributed by atoms with Crippen molar-refractivity contribution in [3.05, 3.63) is 70.2 Å². The molecule has 0 atom stereocenters. The standard InChI is InChI=1S/C41H61N7O4/c1-4-37-36(38-44-32(2)26-33(3)48(38)45-37)27-35-11-9-34(10-12-35)8-5-15-46-16-18-47(19-17-46)31-40-28-41(29-40,30-40)39(49)43-14-7-21-51-23-25-52-24-22-50-20-6-13-42/h5,8-12,26H,4,6-7,13-25,27-31,42H2,1-3H3,(H,43,49)/b8-5+. The smallest absolute Gasteiger partial charge is 0.226 e. The molecule has 4 fully saturated rings. The van der Waals surface area contributed by atoms with Crippen LogP contribution in [0.2, 0.25) is 0 Å². The molecule has 1 aromatic carbocycles. The van der Waals surface area contributed by atoms with E-state index in [1.165, 1.54) is 16.7 Å². The molecule has 3 heterocycles. The Morgan fingerprint density at radius 1 is 0.923 bits per heavy atom. The molecule has 284 valence electrons. The van der Waals surface area contributed by atoms with Crippen LogP contribution >= 0.6 is 0 Å². The summed E-state index contributed by atoms with van der Waals surface area (Å²) in [6.07, 6.45) is 11.1. The van der Waals surface area contributed by atoms with Gasteiger partial charge in [0.15, 0.2) is 5.65 Å². The zero-order chi connectivity index (χ0) is 36.4. The van der Waals surface area contributed by atoms with E-state index in [4.69, 9.17) is 30.0 Å². The van der Waals surface area contributed by atoms with Crippen molar-refractivity contribution < 1.29 is 19.0 Å². The highest BCUT2D eigenvalue weighted by molar-refractivity contribution is 5.86. The second kappa shape index (κ2) is 18.2. The first-order chi connectivity index (χ1) is 25.3. The zero-order valence-electron chi connectivity index (χ0n) is 31.8. The van der Waals surface area contributed by atoms with Gasteiger partial charge in [0.1, 0.15) is 0 Å². The minimum atomic E-state index is -0.103. The first kappa shape index (κ1) is 38.5. The molecule has 2 aromatic heterocycles. The Hall–Kier alpha value is -3.19. The number of rotatable bonds is 22. The number of fused-ring (bicyclic) bond motifs is 1. The maximum Gasteiger partial charge on any atom is 0.226 e. The van der Waals surface area contributed by atoms with E-state index >= 15 is 0 Å². The molecule has 3 aromatic rings. The number of benzene rings is 1. The minimum absolute atomic E-state index is 0.103. The van der Waals surface area contributed by atoms with Crippen LogP contribution in [0.3, 0.4) is 0 Å². The second-order valence-corrected chi connectivity index (χ2v) is 15.4. The molecule has 2 bridgehead atoms. The maximum absolute atomic E-state index is 12.9. The molecular formula is C41H61N7O4. The van der Waals surface area contributed by atoms with Gasteiger partial charge in [-0.15, -0.1) is 0 Å². The Bertz CT molecular complexity index is 1610. The highest BCUT2D eigenvalue weighted by Gasteiger charge is 2.71. The fourth-order valence-corrected chi connectivity index (χ4v) is 8.46. The van der Waals surface area contributed by atoms with E-state index in [-0.39, 0.29) is 11.3 Å². The van der Waals surface area contributed by atoms with E-state index in [2.05, 4.69) is 78.4 Å². The van der Waals surface area contributed by atoms with Crippen molar-refractivity contribution >= 4 is 17.6 Å². The van der Waals surface area contributed by atoms with Crippen molar-refractivity contribution in [1.29, 1.82) is 0 Å². The number of nitrogens with one attached hydrogen (secondary N) is 1. The summed E-state index contributed by atoms with van der Waals surface area (Å²) in [4.78, 5) is 22.9. The number of amides is 1. The van der Waals surface area contributed by atoms with Gasteiger partial charge in [-0.25, -0.2) is 9.50 Å². The third-order valence-corrected chi connectivity index (χ3v) is 11.1. The summed E-state index contributed by atoms with van der Waals surface area (Å²) in [6, 6.07) is 11.0. The summed E-state index contributed by atoms with van der Waals surface area (Å²) < 4.78 is 18.5. The third-order valence-electron chi connectivity index (χ3n) is 11.1. The molecule has 1 saturated heterocycles. The van der Waals surface area contributed by atoms with E-state index in [9.17, 15) is 4.79 Å². The average molecular weight is 716 g/mol. The molecular weight excluding hydrogens is 654 g/mol. The highest BCUT2D eigenvalue weighted by Crippen LogP contribution is 2.73. The molecule has 4 aliphatic rings. The molecule has 11 nitrogen and oxygen atoms in total. The van der Waals surface area contributed by atoms with Crippen LogP contribution in [-0.4, -0.2) is 122 Å². The molecule has 0 radical (unpaired) electrons. The van der Waals surface area contributed by atoms with Crippen LogP contribution in [-0.2, 0) is 31.8 Å². The lowest BCUT2D eigenvalue weighted by atomic mass is 9.34. The molecule has 7 rings (SSSR count). The number of piperazine rings is 1. The van der Waals surface area contributed by atoms with Crippen LogP contribution in [0.4, 0.5) is 0 Å². The first-order valence-corrected chi connectivity index (χ1v) is 19.6. The predicted octanol–water partition coefficient (Wildman–Crippen LogP) is 4.21. The lowest BCUT2D eigenvalue weighted by Gasteiger charge is -2.70. The normalized spacial score (nSPS) is 21.8. The minimum Gasteiger partial charge on any atom is -0.379 e. The van der Waals surface area contributed by atoms with Crippen molar-refractivity contribution in [2.45, 2.75) is 65.7 Å². The predicted molar refractivity (Wildman–Crippen MR) is 205 cm³/mol. The van der Waals surface area contributed by atoms with Crippen molar-refractivity contribution in [2.24, 2.45) is 16.6 Å². The molecule has 3 N–H and O–H groups in total. The number of aryl methyl sites for hydroxylation is 3. The molecule has 0 spiro atoms. The molecule has 1 amide bonds. The molecule has 3 saturated carbocycles. The van der Waals surface area contributed by atoms with Crippen LogP contribution in [0.1, 0.15) is 72.8 Å². The summed E-state index contributed by atoms with van der Waals surface area (Å²) >= 11 is 0. The number of nitrogens with zero attached hydrogens (tertiary/aromatic N) is 5. The molecule has 52 heavy (non-hydrogen) atoms. The second-order valence-electron chi connectivity index (χ2n) is 15.4. The van der Waals surface area contributed by atoms with E-state index in [0.717, 1.165) is 107 Å². The number of nitrogens with two attached hydrogens (primary N) is 1. The summed E-state index contributed by atoms with van der Waals surface area (Å²) in [5.74, 6) is 0.249. The number of carbonyl (C=O) groups excluding carboxylic acids is 1. The van der Waals surface area contributed by atoms with Gasteiger partial charge in [0.05, 0.1) is 37.5 Å². The fourth-order valence-electron chi connectivity index (χ4n) is 8.46. The van der Waals surface area contributed by atoms with E-state index in [1.54, 1.807) is 0 Å². The Balaban J connectivity index is 0.819. The van der Waals surface area contributed by atoms with Crippen molar-refractivity contribution in [2.75, 3.05) is 92.0 Å². The SMILES string of the molecule is CCc1nn2c(C)cc(C)nc2c1Cc1ccc(/C=C/CN2CCN(CC34CC(C(=O)NCCCOCCOCCOCCCN)(C3)C4)CC2)cc1. The maximum atomic E-state index is 12.9. The quantitative estimate of drug-likeness (QED) is 0.148. The van der Waals surface area contributed by atoms with Gasteiger partial charge in [-0.2, -0.15) is 5.10 Å². The third kappa shape index (κ3) is 9.67. The van der Waals surface area contributed by atoms with Gasteiger partial charge in [0.25, 0.3) is 0 Å². The van der Waals surface area contributed by atoms with Gasteiger partial charge in [-0.1, -0.05) is 43.3 Å². The number of aromatic nitrogens is 3. The Morgan fingerprint density at radius 3 is 2.25 bits per heavy atom.